The number of hydrogen-bond acceptors (Lipinski definition) is 2. The first kappa shape index (κ1) is 16.1. The van der Waals surface area contributed by atoms with Gasteiger partial charge in [0.25, 0.3) is 0 Å². The molecule has 1 heterocycles. The Hall–Kier alpha value is -1.26. The summed E-state index contributed by atoms with van der Waals surface area (Å²) in [6.07, 6.45) is 1.96. The third-order valence-electron chi connectivity index (χ3n) is 3.65. The van der Waals surface area contributed by atoms with E-state index in [0.717, 1.165) is 44.7 Å². The van der Waals surface area contributed by atoms with E-state index in [1.165, 1.54) is 0 Å². The number of carbonyl (C=O) groups is 1. The Balaban J connectivity index is 1.99. The van der Waals surface area contributed by atoms with Crippen LogP contribution in [-0.2, 0) is 4.74 Å². The molecule has 116 valence electrons. The lowest BCUT2D eigenvalue weighted by atomic mass is 10.1. The number of halogens is 1. The molecule has 5 heteroatoms. The van der Waals surface area contributed by atoms with Crippen LogP contribution in [0.1, 0.15) is 25.3 Å². The molecule has 4 nitrogen and oxygen atoms in total. The fourth-order valence-corrected chi connectivity index (χ4v) is 2.78. The fraction of sp³-hybridized carbons (Fsp3) is 0.562. The highest BCUT2D eigenvalue weighted by atomic mass is 35.5. The summed E-state index contributed by atoms with van der Waals surface area (Å²) in [5.74, 6) is 0.441. The van der Waals surface area contributed by atoms with Crippen molar-refractivity contribution >= 4 is 23.3 Å². The average molecular weight is 311 g/mol. The lowest BCUT2D eigenvalue weighted by molar-refractivity contribution is 0.169. The Bertz CT molecular complexity index is 487. The van der Waals surface area contributed by atoms with Gasteiger partial charge in [0, 0.05) is 25.6 Å². The molecule has 0 aliphatic carbocycles. The number of hydrogen-bond donors (Lipinski definition) is 1. The second-order valence-corrected chi connectivity index (χ2v) is 6.00. The first-order valence-corrected chi connectivity index (χ1v) is 7.87. The molecular formula is C16H23ClN2O2. The quantitative estimate of drug-likeness (QED) is 0.895. The van der Waals surface area contributed by atoms with Crippen molar-refractivity contribution in [3.8, 4) is 0 Å². The first-order valence-electron chi connectivity index (χ1n) is 7.50. The van der Waals surface area contributed by atoms with E-state index in [1.807, 2.05) is 30.0 Å². The minimum absolute atomic E-state index is 0.0884. The molecule has 1 unspecified atom stereocenters. The van der Waals surface area contributed by atoms with Crippen molar-refractivity contribution in [3.05, 3.63) is 28.8 Å². The van der Waals surface area contributed by atoms with Crippen molar-refractivity contribution in [2.45, 2.75) is 26.7 Å². The molecule has 2 rings (SSSR count). The van der Waals surface area contributed by atoms with Gasteiger partial charge in [0.15, 0.2) is 0 Å². The summed E-state index contributed by atoms with van der Waals surface area (Å²) < 4.78 is 5.39. The molecule has 1 fully saturated rings. The maximum absolute atomic E-state index is 12.4. The molecule has 0 radical (unpaired) electrons. The standard InChI is InChI=1S/C16H23ClN2O2/c1-3-7-19(10-13-6-8-21-11-13)16(20)18-15-5-4-12(2)9-14(15)17/h4-5,9,13H,3,6-8,10-11H2,1-2H3,(H,18,20). The van der Waals surface area contributed by atoms with Crippen LogP contribution in [0.3, 0.4) is 0 Å². The van der Waals surface area contributed by atoms with Crippen LogP contribution < -0.4 is 5.32 Å². The lowest BCUT2D eigenvalue weighted by Crippen LogP contribution is -2.39. The number of nitrogens with zero attached hydrogens (tertiary/aromatic N) is 1. The number of rotatable bonds is 5. The van der Waals surface area contributed by atoms with E-state index in [-0.39, 0.29) is 6.03 Å². The SMILES string of the molecule is CCCN(CC1CCOC1)C(=O)Nc1ccc(C)cc1Cl. The summed E-state index contributed by atoms with van der Waals surface area (Å²) in [5, 5.41) is 3.48. The van der Waals surface area contributed by atoms with E-state index >= 15 is 0 Å². The summed E-state index contributed by atoms with van der Waals surface area (Å²) in [6.45, 7) is 7.08. The summed E-state index contributed by atoms with van der Waals surface area (Å²) in [7, 11) is 0. The van der Waals surface area contributed by atoms with Gasteiger partial charge in [-0.15, -0.1) is 0 Å². The Morgan fingerprint density at radius 1 is 1.52 bits per heavy atom. The van der Waals surface area contributed by atoms with E-state index in [9.17, 15) is 4.79 Å². The monoisotopic (exact) mass is 310 g/mol. The van der Waals surface area contributed by atoms with Gasteiger partial charge in [0.1, 0.15) is 0 Å². The maximum atomic E-state index is 12.4. The topological polar surface area (TPSA) is 41.6 Å². The van der Waals surface area contributed by atoms with Crippen LogP contribution in [0.5, 0.6) is 0 Å². The molecule has 1 aromatic carbocycles. The minimum Gasteiger partial charge on any atom is -0.381 e. The third-order valence-corrected chi connectivity index (χ3v) is 3.96. The fourth-order valence-electron chi connectivity index (χ4n) is 2.50. The molecule has 0 bridgehead atoms. The van der Waals surface area contributed by atoms with Gasteiger partial charge in [-0.3, -0.25) is 0 Å². The van der Waals surface area contributed by atoms with Crippen LogP contribution in [0, 0.1) is 12.8 Å². The molecular weight excluding hydrogens is 288 g/mol. The van der Waals surface area contributed by atoms with Gasteiger partial charge < -0.3 is 15.0 Å². The van der Waals surface area contributed by atoms with Crippen LogP contribution in [-0.4, -0.2) is 37.2 Å². The molecule has 2 amide bonds. The molecule has 1 atom stereocenters. The minimum atomic E-state index is -0.0884. The van der Waals surface area contributed by atoms with Gasteiger partial charge in [-0.05, 0) is 37.5 Å². The van der Waals surface area contributed by atoms with Crippen molar-refractivity contribution in [2.75, 3.05) is 31.6 Å². The molecule has 1 N–H and O–H groups in total. The van der Waals surface area contributed by atoms with Crippen LogP contribution in [0.25, 0.3) is 0 Å². The maximum Gasteiger partial charge on any atom is 0.321 e. The number of aryl methyl sites for hydroxylation is 1. The second kappa shape index (κ2) is 7.66. The Labute approximate surface area is 131 Å². The van der Waals surface area contributed by atoms with E-state index in [1.54, 1.807) is 0 Å². The summed E-state index contributed by atoms with van der Waals surface area (Å²) in [6, 6.07) is 5.55. The third kappa shape index (κ3) is 4.61. The molecule has 0 aromatic heterocycles. The molecule has 21 heavy (non-hydrogen) atoms. The van der Waals surface area contributed by atoms with Crippen molar-refractivity contribution in [1.82, 2.24) is 4.90 Å². The van der Waals surface area contributed by atoms with Gasteiger partial charge in [0.2, 0.25) is 0 Å². The number of anilines is 1. The van der Waals surface area contributed by atoms with Gasteiger partial charge in [0.05, 0.1) is 17.3 Å². The Morgan fingerprint density at radius 3 is 2.95 bits per heavy atom. The highest BCUT2D eigenvalue weighted by Gasteiger charge is 2.22. The molecule has 0 spiro atoms. The van der Waals surface area contributed by atoms with E-state index in [4.69, 9.17) is 16.3 Å². The van der Waals surface area contributed by atoms with Crippen molar-refractivity contribution in [2.24, 2.45) is 5.92 Å². The second-order valence-electron chi connectivity index (χ2n) is 5.59. The highest BCUT2D eigenvalue weighted by molar-refractivity contribution is 6.33. The molecule has 1 aromatic rings. The Kier molecular flexibility index (Phi) is 5.88. The van der Waals surface area contributed by atoms with Gasteiger partial charge in [-0.2, -0.15) is 0 Å². The van der Waals surface area contributed by atoms with E-state index in [0.29, 0.717) is 16.6 Å². The zero-order valence-corrected chi connectivity index (χ0v) is 13.4. The Morgan fingerprint density at radius 2 is 2.33 bits per heavy atom. The molecule has 0 saturated carbocycles. The van der Waals surface area contributed by atoms with Crippen LogP contribution in [0.2, 0.25) is 5.02 Å². The highest BCUT2D eigenvalue weighted by Crippen LogP contribution is 2.23. The predicted octanol–water partition coefficient (Wildman–Crippen LogP) is 3.93. The van der Waals surface area contributed by atoms with Gasteiger partial charge in [-0.1, -0.05) is 24.6 Å². The predicted molar refractivity (Wildman–Crippen MR) is 86.0 cm³/mol. The molecule has 1 saturated heterocycles. The first-order chi connectivity index (χ1) is 10.1. The molecule has 1 aliphatic heterocycles. The zero-order valence-electron chi connectivity index (χ0n) is 12.7. The van der Waals surface area contributed by atoms with Crippen LogP contribution in [0.4, 0.5) is 10.5 Å². The number of amides is 2. The van der Waals surface area contributed by atoms with Crippen molar-refractivity contribution in [3.63, 3.8) is 0 Å². The smallest absolute Gasteiger partial charge is 0.321 e. The zero-order chi connectivity index (χ0) is 15.2. The summed E-state index contributed by atoms with van der Waals surface area (Å²) in [5.41, 5.74) is 1.74. The molecule has 1 aliphatic rings. The summed E-state index contributed by atoms with van der Waals surface area (Å²) in [4.78, 5) is 14.3. The largest absolute Gasteiger partial charge is 0.381 e. The van der Waals surface area contributed by atoms with Crippen molar-refractivity contribution < 1.29 is 9.53 Å². The van der Waals surface area contributed by atoms with E-state index < -0.39 is 0 Å². The normalized spacial score (nSPS) is 17.8. The number of benzene rings is 1. The average Bonchev–Trinajstić information content (AvgIpc) is 2.94. The van der Waals surface area contributed by atoms with E-state index in [2.05, 4.69) is 12.2 Å². The van der Waals surface area contributed by atoms with Crippen LogP contribution >= 0.6 is 11.6 Å². The van der Waals surface area contributed by atoms with Crippen LogP contribution in [0.15, 0.2) is 18.2 Å². The number of urea groups is 1. The lowest BCUT2D eigenvalue weighted by Gasteiger charge is -2.25. The number of ether oxygens (including phenoxy) is 1. The summed E-state index contributed by atoms with van der Waals surface area (Å²) >= 11 is 6.17. The number of carbonyl (C=O) groups excluding carboxylic acids is 1. The van der Waals surface area contributed by atoms with Gasteiger partial charge >= 0.3 is 6.03 Å². The number of nitrogens with one attached hydrogen (secondary N) is 1. The van der Waals surface area contributed by atoms with Gasteiger partial charge in [-0.25, -0.2) is 4.79 Å². The van der Waals surface area contributed by atoms with Crippen molar-refractivity contribution in [1.29, 1.82) is 0 Å².